The third-order valence-electron chi connectivity index (χ3n) is 2.19. The number of amides is 1. The molecule has 0 saturated heterocycles. The number of carbonyl (C=O) groups excluding carboxylic acids is 1. The predicted molar refractivity (Wildman–Crippen MR) is 59.0 cm³/mol. The maximum Gasteiger partial charge on any atom is 0.326 e. The molecule has 0 aliphatic carbocycles. The van der Waals surface area contributed by atoms with E-state index in [2.05, 4.69) is 10.3 Å². The van der Waals surface area contributed by atoms with Crippen LogP contribution < -0.4 is 11.1 Å². The van der Waals surface area contributed by atoms with Gasteiger partial charge < -0.3 is 16.2 Å². The van der Waals surface area contributed by atoms with Crippen molar-refractivity contribution in [3.8, 4) is 0 Å². The Morgan fingerprint density at radius 2 is 2.38 bits per heavy atom. The maximum atomic E-state index is 11.2. The summed E-state index contributed by atoms with van der Waals surface area (Å²) in [7, 11) is 0. The predicted octanol–water partition coefficient (Wildman–Crippen LogP) is -0.347. The number of hydrogen-bond donors (Lipinski definition) is 3. The molecule has 0 aromatic carbocycles. The first-order chi connectivity index (χ1) is 7.63. The van der Waals surface area contributed by atoms with Crippen molar-refractivity contribution in [1.29, 1.82) is 0 Å². The number of hydrogen-bond acceptors (Lipinski definition) is 4. The minimum atomic E-state index is -1.04. The molecule has 0 fully saturated rings. The average Bonchev–Trinajstić information content (AvgIpc) is 2.69. The van der Waals surface area contributed by atoms with Gasteiger partial charge in [0, 0.05) is 38.2 Å². The monoisotopic (exact) mass is 225 g/mol. The number of rotatable bonds is 6. The highest BCUT2D eigenvalue weighted by Gasteiger charge is 2.21. The number of nitrogens with zero attached hydrogens (tertiary/aromatic N) is 1. The SMILES string of the molecule is NCCC(=O)NC(CC1=CN=CC1)C(=O)O. The molecule has 0 spiro atoms. The van der Waals surface area contributed by atoms with Crippen molar-refractivity contribution >= 4 is 18.1 Å². The first kappa shape index (κ1) is 12.4. The van der Waals surface area contributed by atoms with Gasteiger partial charge in [0.2, 0.25) is 5.91 Å². The fourth-order valence-electron chi connectivity index (χ4n) is 1.38. The number of aliphatic imine (C=N–C) groups is 1. The van der Waals surface area contributed by atoms with E-state index in [1.165, 1.54) is 0 Å². The van der Waals surface area contributed by atoms with Gasteiger partial charge >= 0.3 is 5.97 Å². The zero-order valence-electron chi connectivity index (χ0n) is 8.85. The standard InChI is InChI=1S/C10H15N3O3/c11-3-1-9(14)13-8(10(15)16)5-7-2-4-12-6-7/h4,6,8H,1-3,5,11H2,(H,13,14)(H,15,16). The van der Waals surface area contributed by atoms with Crippen LogP contribution in [0.4, 0.5) is 0 Å². The second kappa shape index (κ2) is 6.02. The van der Waals surface area contributed by atoms with Crippen LogP contribution in [0.1, 0.15) is 19.3 Å². The Kier molecular flexibility index (Phi) is 4.65. The molecule has 1 aliphatic rings. The van der Waals surface area contributed by atoms with Crippen molar-refractivity contribution in [1.82, 2.24) is 5.32 Å². The molecule has 1 heterocycles. The van der Waals surface area contributed by atoms with Gasteiger partial charge in [-0.15, -0.1) is 0 Å². The van der Waals surface area contributed by atoms with Crippen LogP contribution in [0.15, 0.2) is 16.8 Å². The van der Waals surface area contributed by atoms with Gasteiger partial charge in [-0.25, -0.2) is 4.79 Å². The number of nitrogens with two attached hydrogens (primary N) is 1. The number of carboxylic acid groups (broad SMARTS) is 1. The molecule has 6 nitrogen and oxygen atoms in total. The van der Waals surface area contributed by atoms with Gasteiger partial charge in [-0.2, -0.15) is 0 Å². The molecule has 0 aromatic heterocycles. The first-order valence-corrected chi connectivity index (χ1v) is 5.05. The summed E-state index contributed by atoms with van der Waals surface area (Å²) in [6.45, 7) is 0.212. The van der Waals surface area contributed by atoms with Crippen LogP contribution in [0.2, 0.25) is 0 Å². The smallest absolute Gasteiger partial charge is 0.326 e. The summed E-state index contributed by atoms with van der Waals surface area (Å²) in [4.78, 5) is 26.0. The van der Waals surface area contributed by atoms with E-state index < -0.39 is 12.0 Å². The third-order valence-corrected chi connectivity index (χ3v) is 2.19. The van der Waals surface area contributed by atoms with Crippen molar-refractivity contribution in [2.75, 3.05) is 6.54 Å². The van der Waals surface area contributed by atoms with E-state index >= 15 is 0 Å². The highest BCUT2D eigenvalue weighted by molar-refractivity contribution is 5.84. The molecule has 0 saturated carbocycles. The molecule has 88 valence electrons. The summed E-state index contributed by atoms with van der Waals surface area (Å²) in [6.07, 6.45) is 4.41. The van der Waals surface area contributed by atoms with Crippen LogP contribution in [0.5, 0.6) is 0 Å². The summed E-state index contributed by atoms with van der Waals surface area (Å²) in [6, 6.07) is -0.896. The second-order valence-electron chi connectivity index (χ2n) is 3.52. The van der Waals surface area contributed by atoms with Crippen molar-refractivity contribution in [3.63, 3.8) is 0 Å². The second-order valence-corrected chi connectivity index (χ2v) is 3.52. The molecule has 1 unspecified atom stereocenters. The van der Waals surface area contributed by atoms with Gasteiger partial charge in [0.05, 0.1) is 0 Å². The Morgan fingerprint density at radius 3 is 2.88 bits per heavy atom. The minimum absolute atomic E-state index is 0.138. The molecular formula is C10H15N3O3. The number of carbonyl (C=O) groups is 2. The van der Waals surface area contributed by atoms with Crippen molar-refractivity contribution in [2.45, 2.75) is 25.3 Å². The molecule has 1 atom stereocenters. The molecule has 16 heavy (non-hydrogen) atoms. The van der Waals surface area contributed by atoms with Gasteiger partial charge in [-0.1, -0.05) is 0 Å². The van der Waals surface area contributed by atoms with E-state index in [9.17, 15) is 9.59 Å². The van der Waals surface area contributed by atoms with Gasteiger partial charge in [0.1, 0.15) is 6.04 Å². The van der Waals surface area contributed by atoms with Gasteiger partial charge in [0.25, 0.3) is 0 Å². The van der Waals surface area contributed by atoms with Crippen molar-refractivity contribution in [3.05, 3.63) is 11.8 Å². The van der Waals surface area contributed by atoms with E-state index in [0.717, 1.165) is 5.57 Å². The number of carboxylic acids is 1. The van der Waals surface area contributed by atoms with Crippen LogP contribution in [0.3, 0.4) is 0 Å². The molecule has 4 N–H and O–H groups in total. The van der Waals surface area contributed by atoms with Crippen molar-refractivity contribution < 1.29 is 14.7 Å². The van der Waals surface area contributed by atoms with Gasteiger partial charge in [-0.05, 0) is 5.57 Å². The molecule has 0 bridgehead atoms. The van der Waals surface area contributed by atoms with Crippen LogP contribution in [-0.2, 0) is 9.59 Å². The third kappa shape index (κ3) is 3.82. The van der Waals surface area contributed by atoms with Crippen LogP contribution in [-0.4, -0.2) is 35.8 Å². The van der Waals surface area contributed by atoms with Crippen molar-refractivity contribution in [2.24, 2.45) is 10.7 Å². The zero-order chi connectivity index (χ0) is 12.0. The Balaban J connectivity index is 2.47. The van der Waals surface area contributed by atoms with E-state index in [1.54, 1.807) is 12.4 Å². The fourth-order valence-corrected chi connectivity index (χ4v) is 1.38. The molecule has 1 aliphatic heterocycles. The molecule has 1 amide bonds. The molecule has 0 radical (unpaired) electrons. The van der Waals surface area contributed by atoms with Gasteiger partial charge in [0.15, 0.2) is 0 Å². The zero-order valence-corrected chi connectivity index (χ0v) is 8.85. The summed E-state index contributed by atoms with van der Waals surface area (Å²) in [5.74, 6) is -1.38. The molecule has 6 heteroatoms. The van der Waals surface area contributed by atoms with Crippen LogP contribution in [0.25, 0.3) is 0 Å². The Hall–Kier alpha value is -1.69. The summed E-state index contributed by atoms with van der Waals surface area (Å²) in [5, 5.41) is 11.4. The van der Waals surface area contributed by atoms with Gasteiger partial charge in [-0.3, -0.25) is 9.79 Å². The topological polar surface area (TPSA) is 105 Å². The summed E-state index contributed by atoms with van der Waals surface area (Å²) >= 11 is 0. The Labute approximate surface area is 93.2 Å². The van der Waals surface area contributed by atoms with E-state index in [1.807, 2.05) is 0 Å². The molecule has 0 aromatic rings. The van der Waals surface area contributed by atoms with Crippen LogP contribution in [0, 0.1) is 0 Å². The molecular weight excluding hydrogens is 210 g/mol. The lowest BCUT2D eigenvalue weighted by Gasteiger charge is -2.14. The largest absolute Gasteiger partial charge is 0.480 e. The van der Waals surface area contributed by atoms with E-state index in [-0.39, 0.29) is 25.3 Å². The van der Waals surface area contributed by atoms with Crippen LogP contribution >= 0.6 is 0 Å². The normalized spacial score (nSPS) is 15.7. The number of aliphatic carboxylic acids is 1. The lowest BCUT2D eigenvalue weighted by molar-refractivity contribution is -0.141. The molecule has 1 rings (SSSR count). The Morgan fingerprint density at radius 1 is 1.62 bits per heavy atom. The lowest BCUT2D eigenvalue weighted by atomic mass is 10.1. The highest BCUT2D eigenvalue weighted by atomic mass is 16.4. The lowest BCUT2D eigenvalue weighted by Crippen LogP contribution is -2.41. The quantitative estimate of drug-likeness (QED) is 0.574. The minimum Gasteiger partial charge on any atom is -0.480 e. The first-order valence-electron chi connectivity index (χ1n) is 5.05. The Bertz CT molecular complexity index is 336. The van der Waals surface area contributed by atoms with E-state index in [4.69, 9.17) is 10.8 Å². The average molecular weight is 225 g/mol. The highest BCUT2D eigenvalue weighted by Crippen LogP contribution is 2.13. The maximum absolute atomic E-state index is 11.2. The number of nitrogens with one attached hydrogen (secondary N) is 1. The van der Waals surface area contributed by atoms with E-state index in [0.29, 0.717) is 6.42 Å². The fraction of sp³-hybridized carbons (Fsp3) is 0.500. The summed E-state index contributed by atoms with van der Waals surface area (Å²) in [5.41, 5.74) is 6.11. The summed E-state index contributed by atoms with van der Waals surface area (Å²) < 4.78 is 0.